The molecule has 0 bridgehead atoms. The van der Waals surface area contributed by atoms with Gasteiger partial charge >= 0.3 is 0 Å². The van der Waals surface area contributed by atoms with E-state index in [1.807, 2.05) is 24.3 Å². The SMILES string of the molecule is C#CCOc1nc(Nc2cccc(OC[C@H](O)CN3CCC(Cc4ccccc4)CC3)c2)ncc1Br. The van der Waals surface area contributed by atoms with Crippen molar-refractivity contribution < 1.29 is 14.6 Å². The summed E-state index contributed by atoms with van der Waals surface area (Å²) in [6.07, 6.45) is 9.74. The normalized spacial score (nSPS) is 15.1. The molecule has 188 valence electrons. The molecule has 1 saturated heterocycles. The van der Waals surface area contributed by atoms with Crippen LogP contribution in [0.5, 0.6) is 11.6 Å². The Morgan fingerprint density at radius 3 is 2.72 bits per heavy atom. The second kappa shape index (κ2) is 13.3. The molecular weight excluding hydrogens is 520 g/mol. The third-order valence-corrected chi connectivity index (χ3v) is 6.62. The largest absolute Gasteiger partial charge is 0.491 e. The molecule has 0 amide bonds. The van der Waals surface area contributed by atoms with Crippen LogP contribution in [0.15, 0.2) is 65.3 Å². The number of β-amino-alcohol motifs (C(OH)–C–C–N with tert-alkyl or cyclic N) is 1. The van der Waals surface area contributed by atoms with Crippen LogP contribution in [0.3, 0.4) is 0 Å². The number of nitrogens with one attached hydrogen (secondary N) is 1. The van der Waals surface area contributed by atoms with E-state index in [-0.39, 0.29) is 13.2 Å². The summed E-state index contributed by atoms with van der Waals surface area (Å²) in [4.78, 5) is 10.9. The molecule has 1 fully saturated rings. The van der Waals surface area contributed by atoms with Crippen molar-refractivity contribution in [2.24, 2.45) is 5.92 Å². The van der Waals surface area contributed by atoms with E-state index in [4.69, 9.17) is 15.9 Å². The van der Waals surface area contributed by atoms with Gasteiger partial charge in [0.1, 0.15) is 18.5 Å². The van der Waals surface area contributed by atoms with Gasteiger partial charge in [0.2, 0.25) is 11.8 Å². The number of aliphatic hydroxyl groups excluding tert-OH is 1. The van der Waals surface area contributed by atoms with E-state index in [1.165, 1.54) is 5.56 Å². The van der Waals surface area contributed by atoms with E-state index in [1.54, 1.807) is 6.20 Å². The molecule has 8 heteroatoms. The Balaban J connectivity index is 1.22. The Bertz CT molecular complexity index is 1150. The number of piperidine rings is 1. The van der Waals surface area contributed by atoms with Gasteiger partial charge in [-0.05, 0) is 71.9 Å². The number of rotatable bonds is 11. The third kappa shape index (κ3) is 7.95. The van der Waals surface area contributed by atoms with Crippen LogP contribution in [0.1, 0.15) is 18.4 Å². The summed E-state index contributed by atoms with van der Waals surface area (Å²) in [7, 11) is 0. The smallest absolute Gasteiger partial charge is 0.233 e. The number of terminal acetylenes is 1. The number of aromatic nitrogens is 2. The van der Waals surface area contributed by atoms with Crippen LogP contribution in [0.4, 0.5) is 11.6 Å². The highest BCUT2D eigenvalue weighted by molar-refractivity contribution is 9.10. The van der Waals surface area contributed by atoms with Crippen LogP contribution in [0, 0.1) is 18.3 Å². The summed E-state index contributed by atoms with van der Waals surface area (Å²) in [5, 5.41) is 13.7. The fraction of sp³-hybridized carbons (Fsp3) is 0.357. The predicted octanol–water partition coefficient (Wildman–Crippen LogP) is 4.69. The van der Waals surface area contributed by atoms with E-state index in [2.05, 4.69) is 72.4 Å². The maximum Gasteiger partial charge on any atom is 0.233 e. The van der Waals surface area contributed by atoms with Gasteiger partial charge in [0.25, 0.3) is 0 Å². The summed E-state index contributed by atoms with van der Waals surface area (Å²) in [6, 6.07) is 18.1. The fourth-order valence-corrected chi connectivity index (χ4v) is 4.58. The van der Waals surface area contributed by atoms with Gasteiger partial charge < -0.3 is 24.8 Å². The van der Waals surface area contributed by atoms with Gasteiger partial charge in [-0.2, -0.15) is 4.98 Å². The maximum absolute atomic E-state index is 10.6. The van der Waals surface area contributed by atoms with Crippen LogP contribution >= 0.6 is 15.9 Å². The lowest BCUT2D eigenvalue weighted by atomic mass is 9.90. The average Bonchev–Trinajstić information content (AvgIpc) is 2.90. The van der Waals surface area contributed by atoms with Crippen molar-refractivity contribution in [2.45, 2.75) is 25.4 Å². The number of hydrogen-bond acceptors (Lipinski definition) is 7. The van der Waals surface area contributed by atoms with Crippen LogP contribution in [0.2, 0.25) is 0 Å². The van der Waals surface area contributed by atoms with E-state index in [0.29, 0.717) is 34.5 Å². The van der Waals surface area contributed by atoms with Crippen molar-refractivity contribution in [1.82, 2.24) is 14.9 Å². The van der Waals surface area contributed by atoms with E-state index in [0.717, 1.165) is 38.0 Å². The number of hydrogen-bond donors (Lipinski definition) is 2. The molecule has 1 aromatic heterocycles. The molecule has 0 unspecified atom stereocenters. The van der Waals surface area contributed by atoms with Gasteiger partial charge in [0, 0.05) is 18.3 Å². The molecule has 36 heavy (non-hydrogen) atoms. The van der Waals surface area contributed by atoms with Crippen molar-refractivity contribution in [1.29, 1.82) is 0 Å². The minimum Gasteiger partial charge on any atom is -0.491 e. The first-order valence-electron chi connectivity index (χ1n) is 12.1. The molecule has 1 aliphatic rings. The highest BCUT2D eigenvalue weighted by atomic mass is 79.9. The summed E-state index contributed by atoms with van der Waals surface area (Å²) in [5.41, 5.74) is 2.16. The molecule has 1 aliphatic heterocycles. The molecule has 0 saturated carbocycles. The molecule has 7 nitrogen and oxygen atoms in total. The summed E-state index contributed by atoms with van der Waals surface area (Å²) in [5.74, 6) is 4.52. The summed E-state index contributed by atoms with van der Waals surface area (Å²) < 4.78 is 11.9. The molecule has 4 rings (SSSR count). The Hall–Kier alpha value is -3.12. The van der Waals surface area contributed by atoms with Crippen LogP contribution in [0.25, 0.3) is 0 Å². The van der Waals surface area contributed by atoms with Gasteiger partial charge in [-0.3, -0.25) is 0 Å². The van der Waals surface area contributed by atoms with E-state index < -0.39 is 6.10 Å². The molecule has 2 N–H and O–H groups in total. The zero-order valence-electron chi connectivity index (χ0n) is 20.1. The van der Waals surface area contributed by atoms with Gasteiger partial charge in [-0.25, -0.2) is 4.98 Å². The summed E-state index contributed by atoms with van der Waals surface area (Å²) in [6.45, 7) is 2.98. The lowest BCUT2D eigenvalue weighted by Gasteiger charge is -2.33. The lowest BCUT2D eigenvalue weighted by Crippen LogP contribution is -2.41. The van der Waals surface area contributed by atoms with Crippen molar-refractivity contribution in [3.63, 3.8) is 0 Å². The summed E-state index contributed by atoms with van der Waals surface area (Å²) >= 11 is 3.35. The number of halogens is 1. The third-order valence-electron chi connectivity index (χ3n) is 6.08. The second-order valence-electron chi connectivity index (χ2n) is 8.89. The number of likely N-dealkylation sites (tertiary alicyclic amines) is 1. The molecule has 0 aliphatic carbocycles. The molecular formula is C28H31BrN4O3. The Morgan fingerprint density at radius 1 is 1.14 bits per heavy atom. The van der Waals surface area contributed by atoms with E-state index >= 15 is 0 Å². The minimum absolute atomic E-state index is 0.117. The lowest BCUT2D eigenvalue weighted by molar-refractivity contribution is 0.0551. The molecule has 1 atom stereocenters. The number of ether oxygens (including phenoxy) is 2. The molecule has 0 radical (unpaired) electrons. The Morgan fingerprint density at radius 2 is 1.94 bits per heavy atom. The highest BCUT2D eigenvalue weighted by Crippen LogP contribution is 2.26. The number of nitrogens with zero attached hydrogens (tertiary/aromatic N) is 3. The number of aliphatic hydroxyl groups is 1. The van der Waals surface area contributed by atoms with Crippen molar-refractivity contribution in [3.8, 4) is 24.0 Å². The van der Waals surface area contributed by atoms with Gasteiger partial charge in [-0.1, -0.05) is 42.3 Å². The molecule has 2 aromatic carbocycles. The quantitative estimate of drug-likeness (QED) is 0.335. The highest BCUT2D eigenvalue weighted by Gasteiger charge is 2.21. The molecule has 2 heterocycles. The van der Waals surface area contributed by atoms with Crippen LogP contribution in [-0.4, -0.2) is 58.9 Å². The van der Waals surface area contributed by atoms with Crippen molar-refractivity contribution >= 4 is 27.6 Å². The zero-order valence-corrected chi connectivity index (χ0v) is 21.7. The van der Waals surface area contributed by atoms with Crippen molar-refractivity contribution in [2.75, 3.05) is 38.2 Å². The molecule has 0 spiro atoms. The van der Waals surface area contributed by atoms with Crippen molar-refractivity contribution in [3.05, 3.63) is 70.8 Å². The molecule has 3 aromatic rings. The number of anilines is 2. The number of benzene rings is 2. The zero-order chi connectivity index (χ0) is 25.2. The second-order valence-corrected chi connectivity index (χ2v) is 9.75. The Kier molecular flexibility index (Phi) is 9.56. The van der Waals surface area contributed by atoms with Crippen LogP contribution < -0.4 is 14.8 Å². The standard InChI is InChI=1S/C28H31BrN4O3/c1-2-15-35-27-26(29)18-30-28(32-27)31-23-9-6-10-25(17-23)36-20-24(34)19-33-13-11-22(12-14-33)16-21-7-4-3-5-8-21/h1,3-10,17-18,22,24,34H,11-16,19-20H2,(H,30,31,32)/t24-/m1/s1. The van der Waals surface area contributed by atoms with E-state index in [9.17, 15) is 5.11 Å². The topological polar surface area (TPSA) is 79.7 Å². The minimum atomic E-state index is -0.557. The average molecular weight is 551 g/mol. The fourth-order valence-electron chi connectivity index (χ4n) is 4.28. The van der Waals surface area contributed by atoms with Gasteiger partial charge in [0.05, 0.1) is 10.7 Å². The first-order valence-corrected chi connectivity index (χ1v) is 12.9. The Labute approximate surface area is 221 Å². The monoisotopic (exact) mass is 550 g/mol. The predicted molar refractivity (Wildman–Crippen MR) is 145 cm³/mol. The van der Waals surface area contributed by atoms with Gasteiger partial charge in [0.15, 0.2) is 6.61 Å². The van der Waals surface area contributed by atoms with Gasteiger partial charge in [-0.15, -0.1) is 6.42 Å². The first kappa shape index (κ1) is 26.0. The van der Waals surface area contributed by atoms with Crippen LogP contribution in [-0.2, 0) is 6.42 Å². The first-order chi connectivity index (χ1) is 17.6. The maximum atomic E-state index is 10.6.